The van der Waals surface area contributed by atoms with Gasteiger partial charge in [0.2, 0.25) is 5.76 Å². The molecule has 2 aromatic carbocycles. The van der Waals surface area contributed by atoms with Crippen LogP contribution in [0.4, 0.5) is 25.0 Å². The first-order valence-corrected chi connectivity index (χ1v) is 10.2. The Balaban J connectivity index is 1.64. The van der Waals surface area contributed by atoms with Gasteiger partial charge >= 0.3 is 12.0 Å². The molecule has 11 heteroatoms. The third-order valence-corrected chi connectivity index (χ3v) is 4.76. The molecule has 0 aliphatic heterocycles. The van der Waals surface area contributed by atoms with Crippen molar-refractivity contribution in [1.82, 2.24) is 10.5 Å². The molecule has 0 saturated carbocycles. The van der Waals surface area contributed by atoms with Crippen LogP contribution in [0.15, 0.2) is 53.1 Å². The smallest absolute Gasteiger partial charge is 0.328 e. The van der Waals surface area contributed by atoms with Crippen molar-refractivity contribution < 1.29 is 32.4 Å². The van der Waals surface area contributed by atoms with Gasteiger partial charge in [-0.25, -0.2) is 18.4 Å². The second-order valence-electron chi connectivity index (χ2n) is 7.58. The van der Waals surface area contributed by atoms with E-state index in [4.69, 9.17) is 9.26 Å². The minimum atomic E-state index is -0.844. The number of rotatable bonds is 7. The molecule has 34 heavy (non-hydrogen) atoms. The number of halogens is 2. The molecular formula is C23H22F2N4O5. The van der Waals surface area contributed by atoms with Crippen LogP contribution in [-0.2, 0) is 9.53 Å². The summed E-state index contributed by atoms with van der Waals surface area (Å²) in [4.78, 5) is 36.3. The van der Waals surface area contributed by atoms with Crippen LogP contribution < -0.4 is 16.0 Å². The Kier molecular flexibility index (Phi) is 7.57. The summed E-state index contributed by atoms with van der Waals surface area (Å²) in [5.74, 6) is -2.95. The number of nitrogens with zero attached hydrogens (tertiary/aromatic N) is 1. The highest BCUT2D eigenvalue weighted by Crippen LogP contribution is 2.22. The van der Waals surface area contributed by atoms with Gasteiger partial charge in [0.1, 0.15) is 23.4 Å². The first kappa shape index (κ1) is 24.4. The molecular weight excluding hydrogens is 450 g/mol. The average Bonchev–Trinajstić information content (AvgIpc) is 3.30. The number of carbonyl (C=O) groups is 3. The molecule has 0 radical (unpaired) electrons. The first-order valence-electron chi connectivity index (χ1n) is 10.2. The lowest BCUT2D eigenvalue weighted by atomic mass is 10.0. The minimum absolute atomic E-state index is 0.0942. The second kappa shape index (κ2) is 10.6. The van der Waals surface area contributed by atoms with Gasteiger partial charge in [-0.2, -0.15) is 0 Å². The Morgan fingerprint density at radius 1 is 1.00 bits per heavy atom. The van der Waals surface area contributed by atoms with Gasteiger partial charge in [-0.05, 0) is 30.2 Å². The molecule has 1 heterocycles. The van der Waals surface area contributed by atoms with Gasteiger partial charge in [-0.3, -0.25) is 4.79 Å². The second-order valence-corrected chi connectivity index (χ2v) is 7.58. The Labute approximate surface area is 193 Å². The summed E-state index contributed by atoms with van der Waals surface area (Å²) in [6.45, 7) is 3.52. The summed E-state index contributed by atoms with van der Waals surface area (Å²) < 4.78 is 36.7. The van der Waals surface area contributed by atoms with E-state index in [-0.39, 0.29) is 17.4 Å². The molecule has 178 valence electrons. The zero-order valence-corrected chi connectivity index (χ0v) is 18.5. The van der Waals surface area contributed by atoms with E-state index in [9.17, 15) is 23.2 Å². The zero-order valence-electron chi connectivity index (χ0n) is 18.5. The van der Waals surface area contributed by atoms with Crippen molar-refractivity contribution in [2.24, 2.45) is 5.92 Å². The molecule has 1 unspecified atom stereocenters. The number of amides is 3. The largest absolute Gasteiger partial charge is 0.467 e. The maximum atomic E-state index is 13.7. The van der Waals surface area contributed by atoms with Crippen LogP contribution in [0.2, 0.25) is 0 Å². The highest BCUT2D eigenvalue weighted by atomic mass is 19.1. The van der Waals surface area contributed by atoms with Crippen molar-refractivity contribution in [2.75, 3.05) is 17.7 Å². The van der Waals surface area contributed by atoms with Crippen LogP contribution in [0.1, 0.15) is 24.4 Å². The SMILES string of the molecule is COC(=O)C(NC(=O)c1cc(-c2ccc(NC(=O)Nc3cc(F)ccc3F)cc2)no1)C(C)C. The monoisotopic (exact) mass is 472 g/mol. The normalized spacial score (nSPS) is 11.6. The first-order chi connectivity index (χ1) is 16.2. The number of ether oxygens (including phenoxy) is 1. The quantitative estimate of drug-likeness (QED) is 0.443. The fourth-order valence-electron chi connectivity index (χ4n) is 2.96. The molecule has 3 amide bonds. The van der Waals surface area contributed by atoms with Gasteiger partial charge in [-0.15, -0.1) is 0 Å². The van der Waals surface area contributed by atoms with Crippen molar-refractivity contribution in [2.45, 2.75) is 19.9 Å². The molecule has 3 rings (SSSR count). The third-order valence-electron chi connectivity index (χ3n) is 4.76. The van der Waals surface area contributed by atoms with E-state index in [1.54, 1.807) is 38.1 Å². The fourth-order valence-corrected chi connectivity index (χ4v) is 2.96. The van der Waals surface area contributed by atoms with E-state index in [1.165, 1.54) is 13.2 Å². The Bertz CT molecular complexity index is 1190. The van der Waals surface area contributed by atoms with Crippen LogP contribution >= 0.6 is 0 Å². The molecule has 0 bridgehead atoms. The summed E-state index contributed by atoms with van der Waals surface area (Å²) in [5, 5.41) is 11.1. The van der Waals surface area contributed by atoms with E-state index in [0.29, 0.717) is 16.9 Å². The lowest BCUT2D eigenvalue weighted by molar-refractivity contribution is -0.144. The summed E-state index contributed by atoms with van der Waals surface area (Å²) in [7, 11) is 1.23. The number of methoxy groups -OCH3 is 1. The number of carbonyl (C=O) groups excluding carboxylic acids is 3. The van der Waals surface area contributed by atoms with E-state index >= 15 is 0 Å². The highest BCUT2D eigenvalue weighted by molar-refractivity contribution is 6.00. The summed E-state index contributed by atoms with van der Waals surface area (Å²) in [5.41, 5.74) is 1.01. The predicted molar refractivity (Wildman–Crippen MR) is 119 cm³/mol. The van der Waals surface area contributed by atoms with Gasteiger partial charge in [0, 0.05) is 23.4 Å². The lowest BCUT2D eigenvalue weighted by Gasteiger charge is -2.18. The average molecular weight is 472 g/mol. The zero-order chi connectivity index (χ0) is 24.8. The molecule has 0 fully saturated rings. The van der Waals surface area contributed by atoms with Gasteiger partial charge in [0.05, 0.1) is 12.8 Å². The Hall–Kier alpha value is -4.28. The number of esters is 1. The van der Waals surface area contributed by atoms with Crippen LogP contribution in [0.25, 0.3) is 11.3 Å². The fraction of sp³-hybridized carbons (Fsp3) is 0.217. The number of aromatic nitrogens is 1. The maximum Gasteiger partial charge on any atom is 0.328 e. The summed E-state index contributed by atoms with van der Waals surface area (Å²) >= 11 is 0. The molecule has 3 aromatic rings. The van der Waals surface area contributed by atoms with Crippen molar-refractivity contribution >= 4 is 29.3 Å². The molecule has 0 aliphatic carbocycles. The molecule has 0 saturated heterocycles. The van der Waals surface area contributed by atoms with E-state index in [1.807, 2.05) is 0 Å². The predicted octanol–water partition coefficient (Wildman–Crippen LogP) is 4.19. The molecule has 1 atom stereocenters. The van der Waals surface area contributed by atoms with Gasteiger partial charge < -0.3 is 25.2 Å². The highest BCUT2D eigenvalue weighted by Gasteiger charge is 2.27. The van der Waals surface area contributed by atoms with Crippen molar-refractivity contribution in [3.8, 4) is 11.3 Å². The Morgan fingerprint density at radius 2 is 1.71 bits per heavy atom. The van der Waals surface area contributed by atoms with Gasteiger partial charge in [-0.1, -0.05) is 31.1 Å². The number of hydrogen-bond acceptors (Lipinski definition) is 6. The van der Waals surface area contributed by atoms with Crippen LogP contribution in [0.3, 0.4) is 0 Å². The molecule has 0 spiro atoms. The number of benzene rings is 2. The molecule has 9 nitrogen and oxygen atoms in total. The van der Waals surface area contributed by atoms with E-state index < -0.39 is 35.6 Å². The number of hydrogen-bond donors (Lipinski definition) is 3. The van der Waals surface area contributed by atoms with Crippen LogP contribution in [0.5, 0.6) is 0 Å². The van der Waals surface area contributed by atoms with Crippen LogP contribution in [0, 0.1) is 17.6 Å². The number of urea groups is 1. The standard InChI is InChI=1S/C23H22F2N4O5/c1-12(2)20(22(31)33-3)28-21(30)19-11-17(29-34-19)13-4-7-15(8-5-13)26-23(32)27-18-10-14(24)6-9-16(18)25/h4-12,20H,1-3H3,(H,28,30)(H2,26,27,32). The minimum Gasteiger partial charge on any atom is -0.467 e. The Morgan fingerprint density at radius 3 is 2.35 bits per heavy atom. The van der Waals surface area contributed by atoms with E-state index in [2.05, 4.69) is 21.1 Å². The molecule has 3 N–H and O–H groups in total. The van der Waals surface area contributed by atoms with Crippen molar-refractivity contribution in [3.05, 3.63) is 65.9 Å². The molecule has 1 aromatic heterocycles. The third kappa shape index (κ3) is 5.94. The molecule has 0 aliphatic rings. The maximum absolute atomic E-state index is 13.7. The van der Waals surface area contributed by atoms with E-state index in [0.717, 1.165) is 18.2 Å². The lowest BCUT2D eigenvalue weighted by Crippen LogP contribution is -2.44. The van der Waals surface area contributed by atoms with Gasteiger partial charge in [0.15, 0.2) is 0 Å². The van der Waals surface area contributed by atoms with Gasteiger partial charge in [0.25, 0.3) is 5.91 Å². The van der Waals surface area contributed by atoms with Crippen molar-refractivity contribution in [3.63, 3.8) is 0 Å². The summed E-state index contributed by atoms with van der Waals surface area (Å²) in [6.07, 6.45) is 0. The topological polar surface area (TPSA) is 123 Å². The summed E-state index contributed by atoms with van der Waals surface area (Å²) in [6, 6.07) is 8.85. The van der Waals surface area contributed by atoms with Crippen molar-refractivity contribution in [1.29, 1.82) is 0 Å². The number of anilines is 2. The van der Waals surface area contributed by atoms with Crippen LogP contribution in [-0.4, -0.2) is 36.2 Å². The number of nitrogens with one attached hydrogen (secondary N) is 3.